The van der Waals surface area contributed by atoms with Gasteiger partial charge in [-0.2, -0.15) is 50.5 Å². The number of hydrogen-bond acceptors (Lipinski definition) is 12. The molecule has 0 aromatic carbocycles. The van der Waals surface area contributed by atoms with Crippen LogP contribution in [0.15, 0.2) is 0 Å². The minimum Gasteiger partial charge on any atom is -0.481 e. The summed E-state index contributed by atoms with van der Waals surface area (Å²) < 4.78 is 0. The van der Waals surface area contributed by atoms with Crippen molar-refractivity contribution in [2.75, 3.05) is 26.4 Å². The van der Waals surface area contributed by atoms with Gasteiger partial charge in [-0.1, -0.05) is 27.7 Å². The molecule has 41 heavy (non-hydrogen) atoms. The smallest absolute Gasteiger partial charge is 0.303 e. The van der Waals surface area contributed by atoms with Crippen molar-refractivity contribution >= 4 is 74.4 Å². The third-order valence-corrected chi connectivity index (χ3v) is 5.48. The van der Waals surface area contributed by atoms with E-state index >= 15 is 0 Å². The standard InChI is InChI=1S/C5H12O4.4C5H10O2S/c6-1-5(2-7,3-8)4-9;4*1-4(8)2-3-5(6)7/h6-9H,1-4H2;4*4,8H,2-3H2,1H3,(H,6,7). The van der Waals surface area contributed by atoms with Gasteiger partial charge in [-0.25, -0.2) is 0 Å². The molecule has 0 radical (unpaired) electrons. The topological polar surface area (TPSA) is 230 Å². The number of thiol groups is 4. The molecule has 0 amide bonds. The SMILES string of the molecule is CC(S)CCC(=O)O.CC(S)CCC(=O)O.CC(S)CCC(=O)O.CC(S)CCC(=O)O.OCC(CO)(CO)CO. The number of carboxylic acid groups (broad SMARTS) is 4. The van der Waals surface area contributed by atoms with Gasteiger partial charge in [0.15, 0.2) is 0 Å². The Morgan fingerprint density at radius 1 is 0.463 bits per heavy atom. The van der Waals surface area contributed by atoms with Crippen molar-refractivity contribution in [2.45, 2.75) is 100 Å². The van der Waals surface area contributed by atoms with Crippen LogP contribution in [0.2, 0.25) is 0 Å². The molecule has 0 rings (SSSR count). The summed E-state index contributed by atoms with van der Waals surface area (Å²) in [6.45, 7) is 5.90. The van der Waals surface area contributed by atoms with E-state index in [0.29, 0.717) is 25.7 Å². The average molecular weight is 673 g/mol. The Morgan fingerprint density at radius 2 is 0.610 bits per heavy atom. The number of carbonyl (C=O) groups is 4. The summed E-state index contributed by atoms with van der Waals surface area (Å²) in [5.74, 6) is -2.98. The highest BCUT2D eigenvalue weighted by molar-refractivity contribution is 7.81. The first-order chi connectivity index (χ1) is 18.7. The fourth-order valence-electron chi connectivity index (χ4n) is 1.63. The number of aliphatic hydroxyl groups is 4. The average Bonchev–Trinajstić information content (AvgIpc) is 2.87. The highest BCUT2D eigenvalue weighted by Gasteiger charge is 2.26. The number of aliphatic hydroxyl groups excluding tert-OH is 4. The van der Waals surface area contributed by atoms with Gasteiger partial charge in [0.05, 0.1) is 31.8 Å². The normalized spacial score (nSPS) is 13.0. The van der Waals surface area contributed by atoms with Crippen LogP contribution in [0, 0.1) is 5.41 Å². The van der Waals surface area contributed by atoms with E-state index < -0.39 is 55.7 Å². The molecule has 0 saturated heterocycles. The van der Waals surface area contributed by atoms with Gasteiger partial charge in [0.1, 0.15) is 0 Å². The van der Waals surface area contributed by atoms with E-state index in [1.165, 1.54) is 0 Å². The number of hydrogen-bond donors (Lipinski definition) is 12. The Balaban J connectivity index is -0.000000132. The van der Waals surface area contributed by atoms with Gasteiger partial charge < -0.3 is 40.9 Å². The van der Waals surface area contributed by atoms with Gasteiger partial charge in [-0.3, -0.25) is 19.2 Å². The molecular weight excluding hydrogens is 621 g/mol. The predicted octanol–water partition coefficient (Wildman–Crippen LogP) is 2.62. The molecule has 4 unspecified atom stereocenters. The van der Waals surface area contributed by atoms with E-state index in [9.17, 15) is 19.2 Å². The fraction of sp³-hybridized carbons (Fsp3) is 0.840. The summed E-state index contributed by atoms with van der Waals surface area (Å²) in [6, 6.07) is 0. The van der Waals surface area contributed by atoms with Crippen molar-refractivity contribution < 1.29 is 60.0 Å². The Kier molecular flexibility index (Phi) is 40.8. The third kappa shape index (κ3) is 55.7. The summed E-state index contributed by atoms with van der Waals surface area (Å²) in [7, 11) is 0. The van der Waals surface area contributed by atoms with E-state index in [1.54, 1.807) is 0 Å². The molecule has 0 spiro atoms. The highest BCUT2D eigenvalue weighted by Crippen LogP contribution is 2.12. The largest absolute Gasteiger partial charge is 0.481 e. The lowest BCUT2D eigenvalue weighted by Gasteiger charge is -2.23. The van der Waals surface area contributed by atoms with Crippen LogP contribution in [0.3, 0.4) is 0 Å². The van der Waals surface area contributed by atoms with Crippen LogP contribution in [0.5, 0.6) is 0 Å². The Bertz CT molecular complexity index is 539. The molecule has 0 aliphatic carbocycles. The number of rotatable bonds is 16. The monoisotopic (exact) mass is 672 g/mol. The summed E-state index contributed by atoms with van der Waals surface area (Å²) in [5, 5.41) is 67.3. The molecule has 0 fully saturated rings. The van der Waals surface area contributed by atoms with Crippen molar-refractivity contribution in [1.82, 2.24) is 0 Å². The second-order valence-electron chi connectivity index (χ2n) is 9.26. The van der Waals surface area contributed by atoms with Gasteiger partial charge >= 0.3 is 23.9 Å². The highest BCUT2D eigenvalue weighted by atomic mass is 32.1. The van der Waals surface area contributed by atoms with Crippen LogP contribution in [0.4, 0.5) is 0 Å². The molecule has 8 N–H and O–H groups in total. The molecule has 0 aliphatic rings. The second-order valence-corrected chi connectivity index (χ2v) is 12.8. The van der Waals surface area contributed by atoms with Crippen LogP contribution in [0.1, 0.15) is 79.1 Å². The molecule has 248 valence electrons. The van der Waals surface area contributed by atoms with Crippen LogP contribution >= 0.6 is 50.5 Å². The lowest BCUT2D eigenvalue weighted by atomic mass is 9.93. The van der Waals surface area contributed by atoms with Crippen molar-refractivity contribution in [3.8, 4) is 0 Å². The maximum Gasteiger partial charge on any atom is 0.303 e. The Hall–Kier alpha value is -0.880. The summed E-state index contributed by atoms with van der Waals surface area (Å²) in [4.78, 5) is 39.5. The minimum atomic E-state index is -1.11. The molecule has 0 aromatic rings. The molecule has 4 atom stereocenters. The van der Waals surface area contributed by atoms with Gasteiger partial charge in [0.2, 0.25) is 0 Å². The molecular formula is C25H52O12S4. The minimum absolute atomic E-state index is 0.200. The van der Waals surface area contributed by atoms with Gasteiger partial charge in [0.25, 0.3) is 0 Å². The molecule has 16 heteroatoms. The van der Waals surface area contributed by atoms with Crippen molar-refractivity contribution in [1.29, 1.82) is 0 Å². The van der Waals surface area contributed by atoms with E-state index in [0.717, 1.165) is 0 Å². The molecule has 0 saturated carbocycles. The lowest BCUT2D eigenvalue weighted by molar-refractivity contribution is -0.138. The number of aliphatic carboxylic acids is 4. The van der Waals surface area contributed by atoms with Crippen molar-refractivity contribution in [3.63, 3.8) is 0 Å². The molecule has 0 heterocycles. The third-order valence-electron chi connectivity index (χ3n) is 4.45. The molecule has 0 bridgehead atoms. The van der Waals surface area contributed by atoms with Crippen molar-refractivity contribution in [2.24, 2.45) is 5.41 Å². The zero-order valence-corrected chi connectivity index (χ0v) is 27.9. The first kappa shape index (κ1) is 49.8. The van der Waals surface area contributed by atoms with Crippen LogP contribution in [0.25, 0.3) is 0 Å². The van der Waals surface area contributed by atoms with Gasteiger partial charge in [-0.15, -0.1) is 0 Å². The zero-order chi connectivity index (χ0) is 33.6. The number of carboxylic acids is 4. The van der Waals surface area contributed by atoms with Crippen LogP contribution < -0.4 is 0 Å². The maximum absolute atomic E-state index is 9.87. The molecule has 12 nitrogen and oxygen atoms in total. The first-order valence-corrected chi connectivity index (χ1v) is 14.8. The van der Waals surface area contributed by atoms with Gasteiger partial charge in [-0.05, 0) is 46.7 Å². The van der Waals surface area contributed by atoms with Gasteiger partial charge in [0, 0.05) is 25.7 Å². The van der Waals surface area contributed by atoms with Crippen LogP contribution in [-0.2, 0) is 19.2 Å². The van der Waals surface area contributed by atoms with E-state index in [2.05, 4.69) is 50.5 Å². The lowest BCUT2D eigenvalue weighted by Crippen LogP contribution is -2.37. The summed E-state index contributed by atoms with van der Waals surface area (Å²) in [6.07, 6.45) is 3.51. The van der Waals surface area contributed by atoms with E-state index in [1.807, 2.05) is 27.7 Å². The molecule has 0 aliphatic heterocycles. The van der Waals surface area contributed by atoms with E-state index in [-0.39, 0.29) is 46.7 Å². The maximum atomic E-state index is 9.87. The Morgan fingerprint density at radius 3 is 0.634 bits per heavy atom. The predicted molar refractivity (Wildman–Crippen MR) is 172 cm³/mol. The molecule has 0 aromatic heterocycles. The van der Waals surface area contributed by atoms with E-state index in [4.69, 9.17) is 40.9 Å². The summed E-state index contributed by atoms with van der Waals surface area (Å²) >= 11 is 16.0. The second kappa shape index (κ2) is 33.6. The first-order valence-electron chi connectivity index (χ1n) is 12.8. The summed E-state index contributed by atoms with van der Waals surface area (Å²) in [5.41, 5.74) is -1.11. The van der Waals surface area contributed by atoms with Crippen molar-refractivity contribution in [3.05, 3.63) is 0 Å². The van der Waals surface area contributed by atoms with Crippen LogP contribution in [-0.4, -0.2) is 112 Å². The quantitative estimate of drug-likeness (QED) is 0.106. The fourth-order valence-corrected chi connectivity index (χ4v) is 2.15. The Labute approximate surface area is 265 Å². The zero-order valence-electron chi connectivity index (χ0n) is 24.3.